The predicted octanol–water partition coefficient (Wildman–Crippen LogP) is 1.71. The van der Waals surface area contributed by atoms with Crippen molar-refractivity contribution in [3.8, 4) is 0 Å². The monoisotopic (exact) mass is 236 g/mol. The normalized spacial score (nSPS) is 10.6. The molecule has 0 aromatic heterocycles. The highest BCUT2D eigenvalue weighted by Crippen LogP contribution is 2.07. The molecular weight excluding hydrogens is 216 g/mol. The molecular formula is C13H20N2O2. The lowest BCUT2D eigenvalue weighted by Crippen LogP contribution is -2.35. The fourth-order valence-electron chi connectivity index (χ4n) is 1.72. The van der Waals surface area contributed by atoms with E-state index in [9.17, 15) is 4.79 Å². The zero-order chi connectivity index (χ0) is 12.7. The van der Waals surface area contributed by atoms with E-state index in [-0.39, 0.29) is 12.5 Å². The molecule has 1 aromatic rings. The molecule has 0 radical (unpaired) electrons. The van der Waals surface area contributed by atoms with Gasteiger partial charge < -0.3 is 0 Å². The van der Waals surface area contributed by atoms with E-state index >= 15 is 0 Å². The second-order valence-corrected chi connectivity index (χ2v) is 4.23. The second kappa shape index (κ2) is 7.04. The number of carbonyl (C=O) groups excluding carboxylic acids is 1. The molecule has 1 aromatic carbocycles. The highest BCUT2D eigenvalue weighted by atomic mass is 16.5. The van der Waals surface area contributed by atoms with Gasteiger partial charge in [-0.2, -0.15) is 0 Å². The minimum Gasteiger partial charge on any atom is -0.290 e. The SMILES string of the molecule is CCCN(CC(=O)NO)Cc1ccc(C)cc1. The summed E-state index contributed by atoms with van der Waals surface area (Å²) in [7, 11) is 0. The van der Waals surface area contributed by atoms with Crippen LogP contribution >= 0.6 is 0 Å². The molecule has 17 heavy (non-hydrogen) atoms. The molecule has 0 atom stereocenters. The lowest BCUT2D eigenvalue weighted by atomic mass is 10.1. The first-order valence-electron chi connectivity index (χ1n) is 5.86. The smallest absolute Gasteiger partial charge is 0.257 e. The Morgan fingerprint density at radius 3 is 2.53 bits per heavy atom. The van der Waals surface area contributed by atoms with Crippen molar-refractivity contribution in [1.82, 2.24) is 10.4 Å². The summed E-state index contributed by atoms with van der Waals surface area (Å²) in [6.45, 7) is 5.90. The maximum absolute atomic E-state index is 11.1. The molecule has 0 bridgehead atoms. The Morgan fingerprint density at radius 1 is 1.35 bits per heavy atom. The van der Waals surface area contributed by atoms with Crippen LogP contribution in [0.5, 0.6) is 0 Å². The molecule has 0 aliphatic rings. The quantitative estimate of drug-likeness (QED) is 0.584. The van der Waals surface area contributed by atoms with Gasteiger partial charge in [-0.1, -0.05) is 36.8 Å². The van der Waals surface area contributed by atoms with Crippen LogP contribution in [-0.2, 0) is 11.3 Å². The molecule has 0 heterocycles. The van der Waals surface area contributed by atoms with Gasteiger partial charge in [-0.05, 0) is 25.5 Å². The minimum atomic E-state index is -0.370. The first-order chi connectivity index (χ1) is 8.15. The summed E-state index contributed by atoms with van der Waals surface area (Å²) in [6.07, 6.45) is 0.977. The van der Waals surface area contributed by atoms with Gasteiger partial charge in [-0.3, -0.25) is 14.9 Å². The molecule has 1 amide bonds. The third kappa shape index (κ3) is 4.97. The van der Waals surface area contributed by atoms with E-state index in [2.05, 4.69) is 31.2 Å². The maximum Gasteiger partial charge on any atom is 0.257 e. The number of amides is 1. The Labute approximate surface area is 102 Å². The van der Waals surface area contributed by atoms with Gasteiger partial charge in [0.05, 0.1) is 6.54 Å². The first kappa shape index (κ1) is 13.7. The number of hydroxylamine groups is 1. The van der Waals surface area contributed by atoms with E-state index in [1.807, 2.05) is 11.8 Å². The minimum absolute atomic E-state index is 0.220. The maximum atomic E-state index is 11.1. The number of nitrogens with zero attached hydrogens (tertiary/aromatic N) is 1. The number of carbonyl (C=O) groups is 1. The molecule has 0 unspecified atom stereocenters. The number of aryl methyl sites for hydroxylation is 1. The summed E-state index contributed by atoms with van der Waals surface area (Å²) < 4.78 is 0. The van der Waals surface area contributed by atoms with E-state index < -0.39 is 0 Å². The van der Waals surface area contributed by atoms with Crippen LogP contribution in [0.4, 0.5) is 0 Å². The highest BCUT2D eigenvalue weighted by Gasteiger charge is 2.09. The number of hydrogen-bond acceptors (Lipinski definition) is 3. The van der Waals surface area contributed by atoms with Gasteiger partial charge in [-0.25, -0.2) is 5.48 Å². The number of nitrogens with one attached hydrogen (secondary N) is 1. The molecule has 2 N–H and O–H groups in total. The fraction of sp³-hybridized carbons (Fsp3) is 0.462. The molecule has 94 valence electrons. The Balaban J connectivity index is 2.59. The van der Waals surface area contributed by atoms with Gasteiger partial charge in [0.15, 0.2) is 0 Å². The molecule has 0 fully saturated rings. The molecule has 4 nitrogen and oxygen atoms in total. The Morgan fingerprint density at radius 2 is 2.00 bits per heavy atom. The van der Waals surface area contributed by atoms with Gasteiger partial charge in [0.1, 0.15) is 0 Å². The van der Waals surface area contributed by atoms with Crippen LogP contribution < -0.4 is 5.48 Å². The van der Waals surface area contributed by atoms with Crippen LogP contribution in [0.2, 0.25) is 0 Å². The Bertz CT molecular complexity index is 349. The third-order valence-corrected chi connectivity index (χ3v) is 2.56. The van der Waals surface area contributed by atoms with Crippen LogP contribution in [-0.4, -0.2) is 29.1 Å². The largest absolute Gasteiger partial charge is 0.290 e. The fourth-order valence-corrected chi connectivity index (χ4v) is 1.72. The van der Waals surface area contributed by atoms with Gasteiger partial charge in [0.2, 0.25) is 0 Å². The highest BCUT2D eigenvalue weighted by molar-refractivity contribution is 5.76. The topological polar surface area (TPSA) is 52.6 Å². The van der Waals surface area contributed by atoms with Crippen molar-refractivity contribution in [1.29, 1.82) is 0 Å². The van der Waals surface area contributed by atoms with Crippen LogP contribution in [0, 0.1) is 6.92 Å². The van der Waals surface area contributed by atoms with Crippen molar-refractivity contribution in [2.45, 2.75) is 26.8 Å². The standard InChI is InChI=1S/C13H20N2O2/c1-3-8-15(10-13(16)14-17)9-12-6-4-11(2)5-7-12/h4-7,17H,3,8-10H2,1-2H3,(H,14,16). The van der Waals surface area contributed by atoms with Gasteiger partial charge in [0, 0.05) is 6.54 Å². The molecule has 4 heteroatoms. The molecule has 0 aliphatic heterocycles. The zero-order valence-electron chi connectivity index (χ0n) is 10.4. The van der Waals surface area contributed by atoms with Crippen molar-refractivity contribution >= 4 is 5.91 Å². The second-order valence-electron chi connectivity index (χ2n) is 4.23. The Kier molecular flexibility index (Phi) is 5.66. The molecule has 0 spiro atoms. The van der Waals surface area contributed by atoms with Crippen molar-refractivity contribution in [3.05, 3.63) is 35.4 Å². The van der Waals surface area contributed by atoms with E-state index in [4.69, 9.17) is 5.21 Å². The lowest BCUT2D eigenvalue weighted by molar-refractivity contribution is -0.130. The number of rotatable bonds is 6. The lowest BCUT2D eigenvalue weighted by Gasteiger charge is -2.20. The summed E-state index contributed by atoms with van der Waals surface area (Å²) in [5, 5.41) is 8.53. The van der Waals surface area contributed by atoms with E-state index in [0.717, 1.165) is 19.5 Å². The average molecular weight is 236 g/mol. The van der Waals surface area contributed by atoms with Crippen LogP contribution in [0.15, 0.2) is 24.3 Å². The van der Waals surface area contributed by atoms with Crippen molar-refractivity contribution in [2.75, 3.05) is 13.1 Å². The number of hydrogen-bond donors (Lipinski definition) is 2. The molecule has 1 rings (SSSR count). The van der Waals surface area contributed by atoms with Crippen molar-refractivity contribution < 1.29 is 10.0 Å². The van der Waals surface area contributed by atoms with Gasteiger partial charge in [0.25, 0.3) is 5.91 Å². The van der Waals surface area contributed by atoms with Crippen molar-refractivity contribution in [2.24, 2.45) is 0 Å². The van der Waals surface area contributed by atoms with Crippen LogP contribution in [0.3, 0.4) is 0 Å². The Hall–Kier alpha value is -1.39. The van der Waals surface area contributed by atoms with Gasteiger partial charge >= 0.3 is 0 Å². The summed E-state index contributed by atoms with van der Waals surface area (Å²) in [4.78, 5) is 13.1. The molecule has 0 saturated carbocycles. The van der Waals surface area contributed by atoms with Gasteiger partial charge in [-0.15, -0.1) is 0 Å². The summed E-state index contributed by atoms with van der Waals surface area (Å²) in [6, 6.07) is 8.25. The number of benzene rings is 1. The summed E-state index contributed by atoms with van der Waals surface area (Å²) >= 11 is 0. The van der Waals surface area contributed by atoms with E-state index in [0.29, 0.717) is 0 Å². The van der Waals surface area contributed by atoms with Crippen LogP contribution in [0.25, 0.3) is 0 Å². The molecule has 0 aliphatic carbocycles. The molecule has 0 saturated heterocycles. The summed E-state index contributed by atoms with van der Waals surface area (Å²) in [5.74, 6) is -0.370. The predicted molar refractivity (Wildman–Crippen MR) is 66.7 cm³/mol. The van der Waals surface area contributed by atoms with E-state index in [1.54, 1.807) is 5.48 Å². The zero-order valence-corrected chi connectivity index (χ0v) is 10.4. The third-order valence-electron chi connectivity index (χ3n) is 2.56. The summed E-state index contributed by atoms with van der Waals surface area (Å²) in [5.41, 5.74) is 4.07. The first-order valence-corrected chi connectivity index (χ1v) is 5.86. The average Bonchev–Trinajstić information content (AvgIpc) is 2.32. The van der Waals surface area contributed by atoms with Crippen LogP contribution in [0.1, 0.15) is 24.5 Å². The van der Waals surface area contributed by atoms with E-state index in [1.165, 1.54) is 11.1 Å². The van der Waals surface area contributed by atoms with Crippen molar-refractivity contribution in [3.63, 3.8) is 0 Å².